The Balaban J connectivity index is 1.79. The molecule has 0 bridgehead atoms. The number of ether oxygens (including phenoxy) is 1. The number of hydrogen-bond donors (Lipinski definition) is 1. The van der Waals surface area contributed by atoms with Crippen molar-refractivity contribution in [3.05, 3.63) is 68.8 Å². The number of aromatic nitrogens is 3. The number of nitrogens with zero attached hydrogens (tertiary/aromatic N) is 4. The number of aryl methyl sites for hydroxylation is 1. The molecule has 2 aromatic carbocycles. The predicted octanol–water partition coefficient (Wildman–Crippen LogP) is 3.88. The second kappa shape index (κ2) is 8.46. The third-order valence-corrected chi connectivity index (χ3v) is 8.10. The number of fused-ring (bicyclic) bond motifs is 1. The average Bonchev–Trinajstić information content (AvgIpc) is 3.30. The van der Waals surface area contributed by atoms with Gasteiger partial charge in [-0.25, -0.2) is 17.9 Å². The van der Waals surface area contributed by atoms with Crippen LogP contribution < -0.4 is 4.74 Å². The highest BCUT2D eigenvalue weighted by Gasteiger charge is 2.26. The molecule has 1 N–H and O–H groups in total. The second-order valence-electron chi connectivity index (χ2n) is 8.25. The van der Waals surface area contributed by atoms with Gasteiger partial charge in [0.25, 0.3) is 5.69 Å². The summed E-state index contributed by atoms with van der Waals surface area (Å²) in [7, 11) is -2.48. The van der Waals surface area contributed by atoms with Crippen molar-refractivity contribution in [3.63, 3.8) is 0 Å². The Bertz CT molecular complexity index is 1500. The van der Waals surface area contributed by atoms with Crippen LogP contribution in [0.2, 0.25) is 0 Å². The molecule has 34 heavy (non-hydrogen) atoms. The molecule has 2 heterocycles. The molecule has 0 aliphatic carbocycles. The Labute approximate surface area is 199 Å². The zero-order chi connectivity index (χ0) is 24.8. The number of benzene rings is 2. The fourth-order valence-electron chi connectivity index (χ4n) is 3.51. The van der Waals surface area contributed by atoms with Crippen LogP contribution >= 0.6 is 11.3 Å². The van der Waals surface area contributed by atoms with Gasteiger partial charge in [0, 0.05) is 17.7 Å². The molecule has 0 fully saturated rings. The average molecular weight is 503 g/mol. The first-order chi connectivity index (χ1) is 15.9. The zero-order valence-electron chi connectivity index (χ0n) is 18.8. The third-order valence-electron chi connectivity index (χ3n) is 5.18. The molecule has 0 saturated heterocycles. The first-order valence-corrected chi connectivity index (χ1v) is 12.6. The molecule has 4 rings (SSSR count). The molecule has 0 aliphatic rings. The van der Waals surface area contributed by atoms with Crippen LogP contribution in [0.4, 0.5) is 5.69 Å². The lowest BCUT2D eigenvalue weighted by Crippen LogP contribution is -2.15. The largest absolute Gasteiger partial charge is 0.495 e. The van der Waals surface area contributed by atoms with Crippen molar-refractivity contribution in [2.75, 3.05) is 7.11 Å². The van der Waals surface area contributed by atoms with Crippen molar-refractivity contribution >= 4 is 31.8 Å². The maximum Gasteiger partial charge on any atom is 0.269 e. The van der Waals surface area contributed by atoms with E-state index in [1.807, 2.05) is 0 Å². The van der Waals surface area contributed by atoms with Crippen molar-refractivity contribution in [2.45, 2.75) is 37.0 Å². The fraction of sp³-hybridized carbons (Fsp3) is 0.273. The minimum atomic E-state index is -3.87. The molecule has 4 aromatic rings. The number of non-ortho nitro benzene ring substituents is 1. The van der Waals surface area contributed by atoms with Crippen molar-refractivity contribution in [2.24, 2.45) is 0 Å². The Hall–Kier alpha value is -3.35. The molecule has 0 radical (unpaired) electrons. The monoisotopic (exact) mass is 502 g/mol. The minimum absolute atomic E-state index is 0.0156. The molecule has 12 heteroatoms. The van der Waals surface area contributed by atoms with Crippen LogP contribution in [-0.2, 0) is 21.2 Å². The highest BCUT2D eigenvalue weighted by atomic mass is 32.2. The number of hydrogen-bond acceptors (Lipinski definition) is 9. The Morgan fingerprint density at radius 2 is 1.88 bits per heavy atom. The smallest absolute Gasteiger partial charge is 0.269 e. The Kier molecular flexibility index (Phi) is 5.92. The van der Waals surface area contributed by atoms with E-state index in [0.29, 0.717) is 32.5 Å². The first kappa shape index (κ1) is 23.8. The Morgan fingerprint density at radius 1 is 1.21 bits per heavy atom. The number of aliphatic hydroxyl groups is 1. The van der Waals surface area contributed by atoms with Gasteiger partial charge in [-0.15, -0.1) is 0 Å². The summed E-state index contributed by atoms with van der Waals surface area (Å²) in [5.74, 6) is -0.176. The normalized spacial score (nSPS) is 12.3. The number of rotatable bonds is 7. The summed E-state index contributed by atoms with van der Waals surface area (Å²) in [6.45, 7) is 5.07. The summed E-state index contributed by atoms with van der Waals surface area (Å²) in [4.78, 5) is 15.4. The van der Waals surface area contributed by atoms with Gasteiger partial charge in [-0.1, -0.05) is 23.5 Å². The van der Waals surface area contributed by atoms with Gasteiger partial charge < -0.3 is 9.84 Å². The van der Waals surface area contributed by atoms with E-state index in [-0.39, 0.29) is 22.1 Å². The van der Waals surface area contributed by atoms with Gasteiger partial charge in [0.1, 0.15) is 21.3 Å². The Morgan fingerprint density at radius 3 is 2.47 bits per heavy atom. The second-order valence-corrected chi connectivity index (χ2v) is 11.2. The van der Waals surface area contributed by atoms with Crippen molar-refractivity contribution in [1.82, 2.24) is 14.6 Å². The van der Waals surface area contributed by atoms with Gasteiger partial charge in [0.2, 0.25) is 4.96 Å². The highest BCUT2D eigenvalue weighted by Crippen LogP contribution is 2.35. The van der Waals surface area contributed by atoms with Crippen LogP contribution in [0.5, 0.6) is 5.75 Å². The third kappa shape index (κ3) is 4.39. The standard InChI is InChI=1S/C22H22N4O6S2/c1-13-19(25-21(23-13)33-20(24-25)22(2,3)27)15-7-10-17(32-4)18(11-15)34(30,31)12-14-5-8-16(9-6-14)26(28)29/h5-11,27H,12H2,1-4H3. The van der Waals surface area contributed by atoms with Crippen LogP contribution in [0, 0.1) is 17.0 Å². The predicted molar refractivity (Wildman–Crippen MR) is 127 cm³/mol. The van der Waals surface area contributed by atoms with Gasteiger partial charge >= 0.3 is 0 Å². The van der Waals surface area contributed by atoms with E-state index in [9.17, 15) is 23.6 Å². The number of imidazole rings is 1. The van der Waals surface area contributed by atoms with Gasteiger partial charge in [-0.2, -0.15) is 5.10 Å². The number of methoxy groups -OCH3 is 1. The van der Waals surface area contributed by atoms with E-state index < -0.39 is 20.4 Å². The fourth-order valence-corrected chi connectivity index (χ4v) is 6.00. The maximum absolute atomic E-state index is 13.3. The molecule has 10 nitrogen and oxygen atoms in total. The van der Waals surface area contributed by atoms with Gasteiger partial charge in [0.05, 0.1) is 29.2 Å². The lowest BCUT2D eigenvalue weighted by Gasteiger charge is -2.13. The lowest BCUT2D eigenvalue weighted by atomic mass is 10.1. The van der Waals surface area contributed by atoms with E-state index >= 15 is 0 Å². The van der Waals surface area contributed by atoms with Gasteiger partial charge in [-0.05, 0) is 44.5 Å². The number of nitro groups is 1. The lowest BCUT2D eigenvalue weighted by molar-refractivity contribution is -0.384. The molecule has 0 aliphatic heterocycles. The molecular weight excluding hydrogens is 480 g/mol. The summed E-state index contributed by atoms with van der Waals surface area (Å²) in [6.07, 6.45) is 0. The minimum Gasteiger partial charge on any atom is -0.495 e. The quantitative estimate of drug-likeness (QED) is 0.297. The van der Waals surface area contributed by atoms with Crippen LogP contribution in [0.3, 0.4) is 0 Å². The molecule has 0 amide bonds. The first-order valence-electron chi connectivity index (χ1n) is 10.1. The van der Waals surface area contributed by atoms with Crippen molar-refractivity contribution < 1.29 is 23.2 Å². The summed E-state index contributed by atoms with van der Waals surface area (Å²) < 4.78 is 33.6. The van der Waals surface area contributed by atoms with Crippen LogP contribution in [0.15, 0.2) is 47.4 Å². The molecule has 2 aromatic heterocycles. The van der Waals surface area contributed by atoms with E-state index in [0.717, 1.165) is 0 Å². The number of sulfone groups is 1. The molecule has 0 atom stereocenters. The SMILES string of the molecule is COc1ccc(-c2c(C)nc3sc(C(C)(C)O)nn23)cc1S(=O)(=O)Cc1ccc([N+](=O)[O-])cc1. The van der Waals surface area contributed by atoms with E-state index in [4.69, 9.17) is 4.74 Å². The maximum atomic E-state index is 13.3. The summed E-state index contributed by atoms with van der Waals surface area (Å²) in [5.41, 5.74) is 0.988. The van der Waals surface area contributed by atoms with Crippen LogP contribution in [0.25, 0.3) is 16.2 Å². The molecule has 178 valence electrons. The number of nitro benzene ring substituents is 1. The molecule has 0 unspecified atom stereocenters. The summed E-state index contributed by atoms with van der Waals surface area (Å²) in [5, 5.41) is 26.2. The summed E-state index contributed by atoms with van der Waals surface area (Å²) in [6, 6.07) is 10.2. The highest BCUT2D eigenvalue weighted by molar-refractivity contribution is 7.90. The van der Waals surface area contributed by atoms with Crippen molar-refractivity contribution in [1.29, 1.82) is 0 Å². The van der Waals surface area contributed by atoms with E-state index in [1.165, 1.54) is 48.8 Å². The van der Waals surface area contributed by atoms with Crippen LogP contribution in [-0.4, -0.2) is 40.2 Å². The van der Waals surface area contributed by atoms with Crippen LogP contribution in [0.1, 0.15) is 30.1 Å². The van der Waals surface area contributed by atoms with Gasteiger partial charge in [0.15, 0.2) is 9.84 Å². The topological polar surface area (TPSA) is 137 Å². The van der Waals surface area contributed by atoms with E-state index in [1.54, 1.807) is 37.4 Å². The zero-order valence-corrected chi connectivity index (χ0v) is 20.5. The van der Waals surface area contributed by atoms with Gasteiger partial charge in [-0.3, -0.25) is 10.1 Å². The molecular formula is C22H22N4O6S2. The molecule has 0 spiro atoms. The van der Waals surface area contributed by atoms with E-state index in [2.05, 4.69) is 10.1 Å². The summed E-state index contributed by atoms with van der Waals surface area (Å²) >= 11 is 1.26. The molecule has 0 saturated carbocycles. The van der Waals surface area contributed by atoms with Crippen molar-refractivity contribution in [3.8, 4) is 17.0 Å².